The third-order valence-electron chi connectivity index (χ3n) is 3.05. The summed E-state index contributed by atoms with van der Waals surface area (Å²) in [6.07, 6.45) is 4.37. The number of aromatic nitrogens is 5. The van der Waals surface area contributed by atoms with Crippen LogP contribution in [0.2, 0.25) is 0 Å². The van der Waals surface area contributed by atoms with Gasteiger partial charge in [0, 0.05) is 33.3 Å². The first-order valence-electron chi connectivity index (χ1n) is 6.34. The third-order valence-corrected chi connectivity index (χ3v) is 3.05. The van der Waals surface area contributed by atoms with Gasteiger partial charge in [0.05, 0.1) is 5.69 Å². The summed E-state index contributed by atoms with van der Waals surface area (Å²) < 4.78 is 1.71. The Labute approximate surface area is 111 Å². The molecular formula is C12H17N7. The smallest absolute Gasteiger partial charge is 0.257 e. The van der Waals surface area contributed by atoms with Gasteiger partial charge in [-0.1, -0.05) is 0 Å². The Bertz CT molecular complexity index is 586. The molecule has 0 spiro atoms. The maximum absolute atomic E-state index is 4.54. The van der Waals surface area contributed by atoms with Crippen LogP contribution in [-0.4, -0.2) is 45.9 Å². The zero-order chi connectivity index (χ0) is 13.4. The summed E-state index contributed by atoms with van der Waals surface area (Å²) >= 11 is 0. The lowest BCUT2D eigenvalue weighted by molar-refractivity contribution is 0.770. The maximum atomic E-state index is 4.54. The second-order valence-corrected chi connectivity index (χ2v) is 4.86. The van der Waals surface area contributed by atoms with Crippen LogP contribution in [0.1, 0.15) is 24.5 Å². The lowest BCUT2D eigenvalue weighted by atomic mass is 10.3. The molecule has 1 fully saturated rings. The summed E-state index contributed by atoms with van der Waals surface area (Å²) in [4.78, 5) is 14.9. The normalized spacial score (nSPS) is 14.5. The van der Waals surface area contributed by atoms with Crippen LogP contribution in [0.25, 0.3) is 5.95 Å². The fourth-order valence-electron chi connectivity index (χ4n) is 1.81. The van der Waals surface area contributed by atoms with Crippen molar-refractivity contribution in [2.75, 3.05) is 31.4 Å². The van der Waals surface area contributed by atoms with Gasteiger partial charge in [-0.15, -0.1) is 0 Å². The van der Waals surface area contributed by atoms with Crippen molar-refractivity contribution < 1.29 is 0 Å². The summed E-state index contributed by atoms with van der Waals surface area (Å²) in [5.74, 6) is 2.31. The summed E-state index contributed by atoms with van der Waals surface area (Å²) in [5, 5.41) is 7.48. The molecule has 1 saturated carbocycles. The van der Waals surface area contributed by atoms with E-state index in [0.29, 0.717) is 23.8 Å². The quantitative estimate of drug-likeness (QED) is 0.884. The van der Waals surface area contributed by atoms with Gasteiger partial charge in [0.15, 0.2) is 0 Å². The summed E-state index contributed by atoms with van der Waals surface area (Å²) in [7, 11) is 5.59. The van der Waals surface area contributed by atoms with Crippen LogP contribution in [-0.2, 0) is 0 Å². The topological polar surface area (TPSA) is 71.8 Å². The van der Waals surface area contributed by atoms with E-state index in [1.54, 1.807) is 11.7 Å². The molecule has 1 aliphatic rings. The molecule has 0 aliphatic heterocycles. The fraction of sp³-hybridized carbons (Fsp3) is 0.500. The van der Waals surface area contributed by atoms with E-state index >= 15 is 0 Å². The first-order valence-corrected chi connectivity index (χ1v) is 6.34. The van der Waals surface area contributed by atoms with Crippen LogP contribution in [0.15, 0.2) is 12.3 Å². The lowest BCUT2D eigenvalue weighted by Gasteiger charge is -2.12. The van der Waals surface area contributed by atoms with Crippen molar-refractivity contribution in [2.45, 2.75) is 18.8 Å². The number of nitrogens with one attached hydrogen (secondary N) is 1. The van der Waals surface area contributed by atoms with Gasteiger partial charge in [0.1, 0.15) is 0 Å². The first-order chi connectivity index (χ1) is 9.17. The number of hydrogen-bond donors (Lipinski definition) is 1. The summed E-state index contributed by atoms with van der Waals surface area (Å²) in [6.45, 7) is 0. The van der Waals surface area contributed by atoms with Crippen LogP contribution in [0, 0.1) is 0 Å². The summed E-state index contributed by atoms with van der Waals surface area (Å²) in [5.41, 5.74) is 1.12. The average molecular weight is 259 g/mol. The predicted molar refractivity (Wildman–Crippen MR) is 72.8 cm³/mol. The molecule has 2 heterocycles. The first kappa shape index (κ1) is 11.9. The van der Waals surface area contributed by atoms with Gasteiger partial charge in [-0.25, -0.2) is 4.68 Å². The minimum absolute atomic E-state index is 0.537. The van der Waals surface area contributed by atoms with Crippen molar-refractivity contribution in [3.05, 3.63) is 18.0 Å². The molecule has 0 radical (unpaired) electrons. The van der Waals surface area contributed by atoms with E-state index in [2.05, 4.69) is 25.4 Å². The minimum atomic E-state index is 0.537. The van der Waals surface area contributed by atoms with Crippen molar-refractivity contribution in [2.24, 2.45) is 0 Å². The highest BCUT2D eigenvalue weighted by Gasteiger charge is 2.26. The second kappa shape index (κ2) is 4.49. The predicted octanol–water partition coefficient (Wildman–Crippen LogP) is 1.04. The molecular weight excluding hydrogens is 242 g/mol. The van der Waals surface area contributed by atoms with Crippen LogP contribution < -0.4 is 10.2 Å². The maximum Gasteiger partial charge on any atom is 0.257 e. The minimum Gasteiger partial charge on any atom is -0.357 e. The van der Waals surface area contributed by atoms with Crippen molar-refractivity contribution >= 4 is 11.9 Å². The Balaban J connectivity index is 1.99. The van der Waals surface area contributed by atoms with Crippen LogP contribution >= 0.6 is 0 Å². The molecule has 2 aromatic heterocycles. The number of anilines is 2. The van der Waals surface area contributed by atoms with E-state index in [-0.39, 0.29) is 0 Å². The standard InChI is InChI=1S/C12H17N7/c1-13-10-14-11(18(2)3)16-12(15-10)19-7-6-9(17-19)8-4-5-8/h6-8H,4-5H2,1-3H3,(H,13,14,15,16). The molecule has 19 heavy (non-hydrogen) atoms. The Morgan fingerprint density at radius 2 is 2.05 bits per heavy atom. The van der Waals surface area contributed by atoms with E-state index in [1.165, 1.54) is 12.8 Å². The lowest BCUT2D eigenvalue weighted by Crippen LogP contribution is -2.17. The molecule has 0 saturated heterocycles. The van der Waals surface area contributed by atoms with Gasteiger partial charge in [0.2, 0.25) is 11.9 Å². The molecule has 0 atom stereocenters. The van der Waals surface area contributed by atoms with Crippen LogP contribution in [0.5, 0.6) is 0 Å². The van der Waals surface area contributed by atoms with Crippen molar-refractivity contribution in [3.8, 4) is 5.95 Å². The van der Waals surface area contributed by atoms with E-state index in [1.807, 2.05) is 31.3 Å². The molecule has 0 aromatic carbocycles. The Morgan fingerprint density at radius 1 is 1.26 bits per heavy atom. The SMILES string of the molecule is CNc1nc(N(C)C)nc(-n2ccc(C3CC3)n2)n1. The Hall–Kier alpha value is -2.18. The highest BCUT2D eigenvalue weighted by molar-refractivity contribution is 5.38. The molecule has 7 heteroatoms. The third kappa shape index (κ3) is 2.35. The fourth-order valence-corrected chi connectivity index (χ4v) is 1.81. The van der Waals surface area contributed by atoms with Gasteiger partial charge < -0.3 is 10.2 Å². The molecule has 0 unspecified atom stereocenters. The zero-order valence-electron chi connectivity index (χ0n) is 11.3. The van der Waals surface area contributed by atoms with Crippen LogP contribution in [0.3, 0.4) is 0 Å². The van der Waals surface area contributed by atoms with E-state index < -0.39 is 0 Å². The highest BCUT2D eigenvalue weighted by atomic mass is 15.4. The Kier molecular flexibility index (Phi) is 2.81. The molecule has 1 aliphatic carbocycles. The van der Waals surface area contributed by atoms with E-state index in [4.69, 9.17) is 0 Å². The van der Waals surface area contributed by atoms with Gasteiger partial charge in [-0.3, -0.25) is 0 Å². The molecule has 7 nitrogen and oxygen atoms in total. The molecule has 2 aromatic rings. The second-order valence-electron chi connectivity index (χ2n) is 4.86. The monoisotopic (exact) mass is 259 g/mol. The highest BCUT2D eigenvalue weighted by Crippen LogP contribution is 2.38. The Morgan fingerprint density at radius 3 is 2.68 bits per heavy atom. The average Bonchev–Trinajstić information content (AvgIpc) is 3.15. The number of nitrogens with zero attached hydrogens (tertiary/aromatic N) is 6. The molecule has 0 amide bonds. The number of hydrogen-bond acceptors (Lipinski definition) is 6. The summed E-state index contributed by atoms with van der Waals surface area (Å²) in [6, 6.07) is 2.04. The van der Waals surface area contributed by atoms with Gasteiger partial charge >= 0.3 is 0 Å². The molecule has 100 valence electrons. The number of rotatable bonds is 4. The molecule has 0 bridgehead atoms. The molecule has 1 N–H and O–H groups in total. The largest absolute Gasteiger partial charge is 0.357 e. The van der Waals surface area contributed by atoms with Gasteiger partial charge in [0.25, 0.3) is 5.95 Å². The van der Waals surface area contributed by atoms with Crippen LogP contribution in [0.4, 0.5) is 11.9 Å². The van der Waals surface area contributed by atoms with E-state index in [0.717, 1.165) is 5.69 Å². The van der Waals surface area contributed by atoms with Crippen molar-refractivity contribution in [3.63, 3.8) is 0 Å². The zero-order valence-corrected chi connectivity index (χ0v) is 11.3. The molecule has 3 rings (SSSR count). The van der Waals surface area contributed by atoms with Gasteiger partial charge in [-0.2, -0.15) is 20.1 Å². The van der Waals surface area contributed by atoms with Crippen molar-refractivity contribution in [1.82, 2.24) is 24.7 Å². The van der Waals surface area contributed by atoms with Crippen molar-refractivity contribution in [1.29, 1.82) is 0 Å². The van der Waals surface area contributed by atoms with E-state index in [9.17, 15) is 0 Å². The van der Waals surface area contributed by atoms with Gasteiger partial charge in [-0.05, 0) is 18.9 Å².